The molecule has 0 radical (unpaired) electrons. The number of carboxylic acid groups (broad SMARTS) is 1. The molecule has 2 aromatic heterocycles. The second-order valence-corrected chi connectivity index (χ2v) is 10.5. The maximum Gasteiger partial charge on any atom is 0.335 e. The van der Waals surface area contributed by atoms with Crippen molar-refractivity contribution in [2.45, 2.75) is 38.8 Å². The number of ether oxygens (including phenoxy) is 1. The molecule has 1 aliphatic carbocycles. The summed E-state index contributed by atoms with van der Waals surface area (Å²) in [7, 11) is 0. The number of nitrogens with zero attached hydrogens (tertiary/aromatic N) is 4. The Labute approximate surface area is 240 Å². The lowest BCUT2D eigenvalue weighted by Gasteiger charge is -2.18. The molecule has 0 spiro atoms. The quantitative estimate of drug-likeness (QED) is 0.205. The van der Waals surface area contributed by atoms with Crippen molar-refractivity contribution in [2.75, 3.05) is 0 Å². The van der Waals surface area contributed by atoms with E-state index in [-0.39, 0.29) is 41.6 Å². The van der Waals surface area contributed by atoms with E-state index < -0.39 is 17.6 Å². The molecule has 6 rings (SSSR count). The predicted octanol–water partition coefficient (Wildman–Crippen LogP) is 7.09. The number of rotatable bonds is 9. The van der Waals surface area contributed by atoms with Crippen LogP contribution in [0.3, 0.4) is 0 Å². The summed E-state index contributed by atoms with van der Waals surface area (Å²) in [5.74, 6) is -0.534. The first-order chi connectivity index (χ1) is 20.3. The zero-order chi connectivity index (χ0) is 29.4. The van der Waals surface area contributed by atoms with Crippen LogP contribution in [0, 0.1) is 28.9 Å². The Balaban J connectivity index is 1.24. The van der Waals surface area contributed by atoms with Gasteiger partial charge in [0, 0.05) is 29.7 Å². The minimum Gasteiger partial charge on any atom is -0.478 e. The molecule has 0 unspecified atom stereocenters. The van der Waals surface area contributed by atoms with Crippen LogP contribution in [0.5, 0.6) is 5.88 Å². The number of fused-ring (bicyclic) bond motifs is 1. The number of halogens is 2. The van der Waals surface area contributed by atoms with Crippen LogP contribution < -0.4 is 4.74 Å². The number of benzene rings is 3. The van der Waals surface area contributed by atoms with Gasteiger partial charge in [-0.3, -0.25) is 0 Å². The number of imidazole rings is 1. The molecule has 0 aliphatic heterocycles. The zero-order valence-corrected chi connectivity index (χ0v) is 22.7. The number of aromatic nitrogens is 3. The SMILES string of the molecule is C[C@@H](C1CC1)n1c(Cc2ccc(-c3cccc(OCc4ccc(C#N)cc4F)n3)cc2F)nc2ccc(C(=O)O)cc21. The van der Waals surface area contributed by atoms with E-state index in [1.54, 1.807) is 42.5 Å². The second kappa shape index (κ2) is 11.1. The molecular weight excluding hydrogens is 538 g/mol. The van der Waals surface area contributed by atoms with Crippen molar-refractivity contribution in [1.29, 1.82) is 5.26 Å². The van der Waals surface area contributed by atoms with E-state index in [2.05, 4.69) is 16.5 Å². The van der Waals surface area contributed by atoms with Gasteiger partial charge < -0.3 is 14.4 Å². The van der Waals surface area contributed by atoms with E-state index in [9.17, 15) is 14.3 Å². The molecule has 0 amide bonds. The number of carbonyl (C=O) groups is 1. The van der Waals surface area contributed by atoms with Crippen LogP contribution in [0.1, 0.15) is 58.7 Å². The number of nitriles is 1. The van der Waals surface area contributed by atoms with Crippen molar-refractivity contribution in [2.24, 2.45) is 5.92 Å². The maximum absolute atomic E-state index is 15.5. The first kappa shape index (κ1) is 27.1. The highest BCUT2D eigenvalue weighted by atomic mass is 19.1. The number of pyridine rings is 1. The molecule has 1 atom stereocenters. The van der Waals surface area contributed by atoms with Crippen LogP contribution in [-0.2, 0) is 13.0 Å². The minimum absolute atomic E-state index is 0.0739. The number of hydrogen-bond donors (Lipinski definition) is 1. The van der Waals surface area contributed by atoms with Gasteiger partial charge in [0.2, 0.25) is 5.88 Å². The largest absolute Gasteiger partial charge is 0.478 e. The van der Waals surface area contributed by atoms with Gasteiger partial charge in [-0.1, -0.05) is 24.3 Å². The van der Waals surface area contributed by atoms with Gasteiger partial charge in [-0.2, -0.15) is 5.26 Å². The summed E-state index contributed by atoms with van der Waals surface area (Å²) in [6.45, 7) is 2.03. The molecule has 210 valence electrons. The third-order valence-corrected chi connectivity index (χ3v) is 7.70. The highest BCUT2D eigenvalue weighted by molar-refractivity contribution is 5.92. The molecule has 42 heavy (non-hydrogen) atoms. The summed E-state index contributed by atoms with van der Waals surface area (Å²) in [5, 5.41) is 18.4. The first-order valence-electron chi connectivity index (χ1n) is 13.6. The van der Waals surface area contributed by atoms with Crippen LogP contribution >= 0.6 is 0 Å². The smallest absolute Gasteiger partial charge is 0.335 e. The fourth-order valence-electron chi connectivity index (χ4n) is 5.21. The van der Waals surface area contributed by atoms with Crippen molar-refractivity contribution < 1.29 is 23.4 Å². The third kappa shape index (κ3) is 5.44. The predicted molar refractivity (Wildman–Crippen MR) is 152 cm³/mol. The molecule has 1 aliphatic rings. The van der Waals surface area contributed by atoms with E-state index in [1.165, 1.54) is 24.3 Å². The number of hydrogen-bond acceptors (Lipinski definition) is 5. The molecule has 1 N–H and O–H groups in total. The Kier molecular flexibility index (Phi) is 7.13. The van der Waals surface area contributed by atoms with Gasteiger partial charge in [0.15, 0.2) is 0 Å². The second-order valence-electron chi connectivity index (χ2n) is 10.5. The van der Waals surface area contributed by atoms with Crippen molar-refractivity contribution in [3.63, 3.8) is 0 Å². The third-order valence-electron chi connectivity index (χ3n) is 7.70. The Hall–Kier alpha value is -5.10. The van der Waals surface area contributed by atoms with Crippen LogP contribution in [0.2, 0.25) is 0 Å². The van der Waals surface area contributed by atoms with E-state index in [1.807, 2.05) is 6.07 Å². The maximum atomic E-state index is 15.5. The molecule has 9 heteroatoms. The van der Waals surface area contributed by atoms with Crippen LogP contribution in [0.25, 0.3) is 22.3 Å². The topological polar surface area (TPSA) is 101 Å². The minimum atomic E-state index is -1.00. The highest BCUT2D eigenvalue weighted by Crippen LogP contribution is 2.41. The van der Waals surface area contributed by atoms with Crippen molar-refractivity contribution in [3.8, 4) is 23.2 Å². The zero-order valence-electron chi connectivity index (χ0n) is 22.7. The van der Waals surface area contributed by atoms with Crippen LogP contribution in [0.15, 0.2) is 72.8 Å². The average Bonchev–Trinajstić information content (AvgIpc) is 3.78. The lowest BCUT2D eigenvalue weighted by molar-refractivity contribution is 0.0697. The molecule has 2 heterocycles. The molecule has 0 bridgehead atoms. The fourth-order valence-corrected chi connectivity index (χ4v) is 5.21. The van der Waals surface area contributed by atoms with Gasteiger partial charge in [0.05, 0.1) is 33.9 Å². The normalized spacial score (nSPS) is 13.6. The van der Waals surface area contributed by atoms with Gasteiger partial charge in [0.25, 0.3) is 0 Å². The Morgan fingerprint density at radius 2 is 1.83 bits per heavy atom. The van der Waals surface area contributed by atoms with E-state index in [0.29, 0.717) is 34.1 Å². The van der Waals surface area contributed by atoms with Crippen molar-refractivity contribution >= 4 is 17.0 Å². The Morgan fingerprint density at radius 1 is 1.05 bits per heavy atom. The van der Waals surface area contributed by atoms with E-state index >= 15 is 4.39 Å². The summed E-state index contributed by atoms with van der Waals surface area (Å²) >= 11 is 0. The van der Waals surface area contributed by atoms with Crippen LogP contribution in [0.4, 0.5) is 8.78 Å². The van der Waals surface area contributed by atoms with Gasteiger partial charge in [-0.25, -0.2) is 23.5 Å². The van der Waals surface area contributed by atoms with Crippen molar-refractivity contribution in [3.05, 3.63) is 113 Å². The van der Waals surface area contributed by atoms with Gasteiger partial charge in [-0.05, 0) is 73.7 Å². The summed E-state index contributed by atoms with van der Waals surface area (Å²) < 4.78 is 37.4. The average molecular weight is 565 g/mol. The summed E-state index contributed by atoms with van der Waals surface area (Å²) in [6.07, 6.45) is 2.44. The fraction of sp³-hybridized carbons (Fsp3) is 0.212. The Bertz CT molecular complexity index is 1870. The monoisotopic (exact) mass is 564 g/mol. The van der Waals surface area contributed by atoms with E-state index in [0.717, 1.165) is 24.4 Å². The van der Waals surface area contributed by atoms with Gasteiger partial charge in [0.1, 0.15) is 24.1 Å². The Morgan fingerprint density at radius 3 is 2.55 bits per heavy atom. The molecular formula is C33H26F2N4O3. The molecule has 0 saturated heterocycles. The summed E-state index contributed by atoms with van der Waals surface area (Å²) in [4.78, 5) is 20.8. The van der Waals surface area contributed by atoms with E-state index in [4.69, 9.17) is 15.0 Å². The van der Waals surface area contributed by atoms with Gasteiger partial charge in [-0.15, -0.1) is 0 Å². The number of aromatic carboxylic acids is 1. The summed E-state index contributed by atoms with van der Waals surface area (Å²) in [6, 6.07) is 21.1. The molecule has 5 aromatic rings. The first-order valence-corrected chi connectivity index (χ1v) is 13.6. The van der Waals surface area contributed by atoms with Crippen molar-refractivity contribution in [1.82, 2.24) is 14.5 Å². The molecule has 7 nitrogen and oxygen atoms in total. The number of carboxylic acids is 1. The van der Waals surface area contributed by atoms with Gasteiger partial charge >= 0.3 is 5.97 Å². The lowest BCUT2D eigenvalue weighted by atomic mass is 10.0. The lowest BCUT2D eigenvalue weighted by Crippen LogP contribution is -2.12. The standard InChI is InChI=1S/C33H26F2N4O3/c1-19(21-7-8-21)39-30-15-24(33(40)41)11-12-29(30)37-31(39)16-22-9-10-23(14-27(22)35)28-3-2-4-32(38-28)42-18-25-6-5-20(17-36)13-26(25)34/h2-6,9-15,19,21H,7-8,16,18H2,1H3,(H,40,41)/t19-/m0/s1. The van der Waals surface area contributed by atoms with Crippen LogP contribution in [-0.4, -0.2) is 25.6 Å². The summed E-state index contributed by atoms with van der Waals surface area (Å²) in [5.41, 5.74) is 3.63. The molecule has 3 aromatic carbocycles. The molecule has 1 fully saturated rings. The molecule has 1 saturated carbocycles. The highest BCUT2D eigenvalue weighted by Gasteiger charge is 2.32.